The van der Waals surface area contributed by atoms with Gasteiger partial charge in [0.05, 0.1) is 0 Å². The molecule has 0 bridgehead atoms. The number of ketones is 2. The van der Waals surface area contributed by atoms with Gasteiger partial charge in [0.1, 0.15) is 0 Å². The second kappa shape index (κ2) is 7.39. The summed E-state index contributed by atoms with van der Waals surface area (Å²) in [4.78, 5) is 22.4. The fraction of sp³-hybridized carbons (Fsp3) is 0.222. The van der Waals surface area contributed by atoms with Crippen LogP contribution in [0.3, 0.4) is 0 Å². The van der Waals surface area contributed by atoms with Crippen molar-refractivity contribution in [2.45, 2.75) is 27.7 Å². The fourth-order valence-corrected chi connectivity index (χ4v) is 1.79. The molecule has 0 saturated heterocycles. The van der Waals surface area contributed by atoms with Gasteiger partial charge in [-0.25, -0.2) is 0 Å². The standard InChI is InChI=1S/C16H14O2.C2H6/c1-11(17)13-3-7-15(8-4-13)16-9-5-14(6-10-16)12(2)18;1-2/h3-10H,1-2H3;1-2H3. The molecule has 0 radical (unpaired) electrons. The van der Waals surface area contributed by atoms with Gasteiger partial charge in [0, 0.05) is 11.1 Å². The largest absolute Gasteiger partial charge is 0.295 e. The third-order valence-electron chi connectivity index (χ3n) is 2.92. The average molecular weight is 268 g/mol. The fourth-order valence-electron chi connectivity index (χ4n) is 1.79. The van der Waals surface area contributed by atoms with Gasteiger partial charge in [-0.1, -0.05) is 62.4 Å². The molecule has 0 aliphatic heterocycles. The molecule has 0 fully saturated rings. The Morgan fingerprint density at radius 2 is 0.850 bits per heavy atom. The zero-order valence-corrected chi connectivity index (χ0v) is 12.4. The van der Waals surface area contributed by atoms with Crippen molar-refractivity contribution < 1.29 is 9.59 Å². The molecule has 0 amide bonds. The lowest BCUT2D eigenvalue weighted by atomic mass is 10.0. The molecule has 2 heteroatoms. The predicted molar refractivity (Wildman–Crippen MR) is 83.2 cm³/mol. The van der Waals surface area contributed by atoms with Crippen molar-refractivity contribution in [3.8, 4) is 11.1 Å². The molecule has 0 unspecified atom stereocenters. The summed E-state index contributed by atoms with van der Waals surface area (Å²) in [5.74, 6) is 0.127. The van der Waals surface area contributed by atoms with Crippen molar-refractivity contribution in [2.24, 2.45) is 0 Å². The number of hydrogen-bond donors (Lipinski definition) is 0. The Bertz CT molecular complexity index is 522. The summed E-state index contributed by atoms with van der Waals surface area (Å²) in [6.07, 6.45) is 0. The van der Waals surface area contributed by atoms with Gasteiger partial charge in [-0.2, -0.15) is 0 Å². The first kappa shape index (κ1) is 15.8. The molecule has 2 aromatic carbocycles. The molecule has 20 heavy (non-hydrogen) atoms. The van der Waals surface area contributed by atoms with Crippen LogP contribution in [0.4, 0.5) is 0 Å². The Hall–Kier alpha value is -2.22. The van der Waals surface area contributed by atoms with Crippen LogP contribution >= 0.6 is 0 Å². The van der Waals surface area contributed by atoms with Crippen LogP contribution in [0.25, 0.3) is 11.1 Å². The van der Waals surface area contributed by atoms with E-state index in [9.17, 15) is 9.59 Å². The zero-order chi connectivity index (χ0) is 15.1. The minimum Gasteiger partial charge on any atom is -0.295 e. The molecule has 2 nitrogen and oxygen atoms in total. The van der Waals surface area contributed by atoms with Gasteiger partial charge in [-0.3, -0.25) is 9.59 Å². The molecule has 0 spiro atoms. The maximum atomic E-state index is 11.2. The van der Waals surface area contributed by atoms with Gasteiger partial charge in [0.25, 0.3) is 0 Å². The lowest BCUT2D eigenvalue weighted by molar-refractivity contribution is 0.100. The van der Waals surface area contributed by atoms with Gasteiger partial charge >= 0.3 is 0 Å². The number of carbonyl (C=O) groups is 2. The Labute approximate surface area is 120 Å². The molecule has 0 aliphatic rings. The van der Waals surface area contributed by atoms with Crippen LogP contribution in [0.1, 0.15) is 48.4 Å². The molecule has 0 N–H and O–H groups in total. The number of carbonyl (C=O) groups excluding carboxylic acids is 2. The molecule has 2 rings (SSSR count). The van der Waals surface area contributed by atoms with Gasteiger partial charge in [-0.15, -0.1) is 0 Å². The van der Waals surface area contributed by atoms with Crippen LogP contribution in [0.2, 0.25) is 0 Å². The van der Waals surface area contributed by atoms with Gasteiger partial charge in [0.15, 0.2) is 11.6 Å². The van der Waals surface area contributed by atoms with Gasteiger partial charge in [-0.05, 0) is 25.0 Å². The summed E-state index contributed by atoms with van der Waals surface area (Å²) in [5.41, 5.74) is 3.49. The van der Waals surface area contributed by atoms with Crippen molar-refractivity contribution in [3.05, 3.63) is 59.7 Å². The van der Waals surface area contributed by atoms with Crippen LogP contribution < -0.4 is 0 Å². The van der Waals surface area contributed by atoms with Crippen molar-refractivity contribution in [3.63, 3.8) is 0 Å². The second-order valence-corrected chi connectivity index (χ2v) is 4.27. The summed E-state index contributed by atoms with van der Waals surface area (Å²) >= 11 is 0. The van der Waals surface area contributed by atoms with E-state index in [2.05, 4.69) is 0 Å². The topological polar surface area (TPSA) is 34.1 Å². The van der Waals surface area contributed by atoms with Crippen LogP contribution in [0.15, 0.2) is 48.5 Å². The SMILES string of the molecule is CC.CC(=O)c1ccc(-c2ccc(C(C)=O)cc2)cc1. The molecular formula is C18H20O2. The van der Waals surface area contributed by atoms with Crippen molar-refractivity contribution in [2.75, 3.05) is 0 Å². The molecule has 104 valence electrons. The monoisotopic (exact) mass is 268 g/mol. The summed E-state index contributed by atoms with van der Waals surface area (Å²) in [7, 11) is 0. The van der Waals surface area contributed by atoms with E-state index in [-0.39, 0.29) is 11.6 Å². The number of benzene rings is 2. The van der Waals surface area contributed by atoms with Crippen LogP contribution in [0.5, 0.6) is 0 Å². The summed E-state index contributed by atoms with van der Waals surface area (Å²) in [5, 5.41) is 0. The first-order valence-electron chi connectivity index (χ1n) is 6.80. The summed E-state index contributed by atoms with van der Waals surface area (Å²) < 4.78 is 0. The normalized spacial score (nSPS) is 9.40. The Kier molecular flexibility index (Phi) is 5.85. The first-order valence-corrected chi connectivity index (χ1v) is 6.80. The minimum absolute atomic E-state index is 0.0634. The maximum absolute atomic E-state index is 11.2. The third-order valence-corrected chi connectivity index (χ3v) is 2.92. The highest BCUT2D eigenvalue weighted by Crippen LogP contribution is 2.20. The lowest BCUT2D eigenvalue weighted by Gasteiger charge is -2.03. The van der Waals surface area contributed by atoms with Crippen LogP contribution in [0, 0.1) is 0 Å². The molecular weight excluding hydrogens is 248 g/mol. The van der Waals surface area contributed by atoms with E-state index in [1.165, 1.54) is 0 Å². The van der Waals surface area contributed by atoms with Crippen molar-refractivity contribution >= 4 is 11.6 Å². The van der Waals surface area contributed by atoms with Crippen LogP contribution in [-0.4, -0.2) is 11.6 Å². The average Bonchev–Trinajstić information content (AvgIpc) is 2.49. The number of Topliss-reactive ketones (excluding diaryl/α,β-unsaturated/α-hetero) is 2. The molecule has 2 aromatic rings. The zero-order valence-electron chi connectivity index (χ0n) is 12.4. The van der Waals surface area contributed by atoms with Crippen LogP contribution in [-0.2, 0) is 0 Å². The van der Waals surface area contributed by atoms with Gasteiger partial charge < -0.3 is 0 Å². The summed E-state index contributed by atoms with van der Waals surface area (Å²) in [6, 6.07) is 14.9. The molecule has 0 heterocycles. The van der Waals surface area contributed by atoms with E-state index in [4.69, 9.17) is 0 Å². The number of rotatable bonds is 3. The second-order valence-electron chi connectivity index (χ2n) is 4.27. The molecule has 0 saturated carbocycles. The maximum Gasteiger partial charge on any atom is 0.159 e. The highest BCUT2D eigenvalue weighted by molar-refractivity contribution is 5.95. The minimum atomic E-state index is 0.0634. The Balaban J connectivity index is 0.000000956. The van der Waals surface area contributed by atoms with Gasteiger partial charge in [0.2, 0.25) is 0 Å². The molecule has 0 aliphatic carbocycles. The van der Waals surface area contributed by atoms with E-state index in [0.29, 0.717) is 11.1 Å². The Morgan fingerprint density at radius 1 is 0.600 bits per heavy atom. The molecule has 0 aromatic heterocycles. The smallest absolute Gasteiger partial charge is 0.159 e. The lowest BCUT2D eigenvalue weighted by Crippen LogP contribution is -1.92. The van der Waals surface area contributed by atoms with Crippen molar-refractivity contribution in [1.82, 2.24) is 0 Å². The number of hydrogen-bond acceptors (Lipinski definition) is 2. The summed E-state index contributed by atoms with van der Waals surface area (Å²) in [6.45, 7) is 7.10. The molecule has 0 atom stereocenters. The Morgan fingerprint density at radius 3 is 1.05 bits per heavy atom. The third kappa shape index (κ3) is 3.89. The highest BCUT2D eigenvalue weighted by Gasteiger charge is 2.02. The van der Waals surface area contributed by atoms with E-state index < -0.39 is 0 Å². The first-order chi connectivity index (χ1) is 9.58. The van der Waals surface area contributed by atoms with E-state index in [1.807, 2.05) is 62.4 Å². The predicted octanol–water partition coefficient (Wildman–Crippen LogP) is 4.79. The van der Waals surface area contributed by atoms with E-state index >= 15 is 0 Å². The quantitative estimate of drug-likeness (QED) is 0.750. The highest BCUT2D eigenvalue weighted by atomic mass is 16.1. The van der Waals surface area contributed by atoms with Crippen molar-refractivity contribution in [1.29, 1.82) is 0 Å². The van der Waals surface area contributed by atoms with E-state index in [1.54, 1.807) is 13.8 Å². The van der Waals surface area contributed by atoms with E-state index in [0.717, 1.165) is 11.1 Å².